The number of anilines is 1. The van der Waals surface area contributed by atoms with Crippen LogP contribution in [0.2, 0.25) is 0 Å². The summed E-state index contributed by atoms with van der Waals surface area (Å²) in [6.07, 6.45) is -3.50. The lowest BCUT2D eigenvalue weighted by atomic mass is 10.1. The molecule has 0 aliphatic rings. The van der Waals surface area contributed by atoms with Crippen molar-refractivity contribution in [1.29, 1.82) is 0 Å². The standard InChI is InChI=1S/C14H15F3N4O2S/c1-18-24(22,23)9-11-4-2-10(3-5-11)8-20-13-19-7-6-12(21-13)14(15,16)17/h2-7,18H,8-9H2,1H3,(H,19,20,21). The summed E-state index contributed by atoms with van der Waals surface area (Å²) >= 11 is 0. The summed E-state index contributed by atoms with van der Waals surface area (Å²) < 4.78 is 62.8. The molecule has 1 heterocycles. The van der Waals surface area contributed by atoms with E-state index < -0.39 is 21.9 Å². The van der Waals surface area contributed by atoms with Gasteiger partial charge in [0.05, 0.1) is 5.75 Å². The van der Waals surface area contributed by atoms with Crippen molar-refractivity contribution in [3.63, 3.8) is 0 Å². The Hall–Kier alpha value is -2.20. The van der Waals surface area contributed by atoms with Crippen molar-refractivity contribution in [3.05, 3.63) is 53.3 Å². The van der Waals surface area contributed by atoms with E-state index in [1.165, 1.54) is 7.05 Å². The van der Waals surface area contributed by atoms with Crippen molar-refractivity contribution in [3.8, 4) is 0 Å². The molecule has 0 unspecified atom stereocenters. The van der Waals surface area contributed by atoms with E-state index in [4.69, 9.17) is 0 Å². The van der Waals surface area contributed by atoms with Crippen molar-refractivity contribution in [2.24, 2.45) is 0 Å². The lowest BCUT2D eigenvalue weighted by Gasteiger charge is -2.09. The monoisotopic (exact) mass is 360 g/mol. The van der Waals surface area contributed by atoms with E-state index in [2.05, 4.69) is 20.0 Å². The molecule has 0 amide bonds. The van der Waals surface area contributed by atoms with Crippen LogP contribution in [0.25, 0.3) is 0 Å². The molecule has 2 rings (SSSR count). The van der Waals surface area contributed by atoms with Gasteiger partial charge in [-0.05, 0) is 24.2 Å². The Morgan fingerprint density at radius 2 is 1.71 bits per heavy atom. The second-order valence-corrected chi connectivity index (χ2v) is 6.82. The van der Waals surface area contributed by atoms with Crippen LogP contribution in [0.4, 0.5) is 19.1 Å². The summed E-state index contributed by atoms with van der Waals surface area (Å²) in [5, 5.41) is 2.70. The molecule has 0 fully saturated rings. The summed E-state index contributed by atoms with van der Waals surface area (Å²) in [5.41, 5.74) is 0.331. The van der Waals surface area contributed by atoms with Crippen molar-refractivity contribution in [2.75, 3.05) is 12.4 Å². The van der Waals surface area contributed by atoms with Crippen molar-refractivity contribution in [1.82, 2.24) is 14.7 Å². The number of sulfonamides is 1. The quantitative estimate of drug-likeness (QED) is 0.825. The number of alkyl halides is 3. The zero-order valence-corrected chi connectivity index (χ0v) is 13.4. The highest BCUT2D eigenvalue weighted by Gasteiger charge is 2.32. The van der Waals surface area contributed by atoms with Gasteiger partial charge in [0.15, 0.2) is 0 Å². The third-order valence-corrected chi connectivity index (χ3v) is 4.42. The van der Waals surface area contributed by atoms with Crippen LogP contribution < -0.4 is 10.0 Å². The average molecular weight is 360 g/mol. The minimum atomic E-state index is -4.53. The van der Waals surface area contributed by atoms with Crippen LogP contribution in [0.3, 0.4) is 0 Å². The van der Waals surface area contributed by atoms with Crippen LogP contribution in [0, 0.1) is 0 Å². The van der Waals surface area contributed by atoms with Gasteiger partial charge in [-0.2, -0.15) is 13.2 Å². The molecule has 1 aromatic carbocycles. The van der Waals surface area contributed by atoms with Gasteiger partial charge >= 0.3 is 6.18 Å². The van der Waals surface area contributed by atoms with Crippen LogP contribution in [0.5, 0.6) is 0 Å². The molecular formula is C14H15F3N4O2S. The number of halogens is 3. The molecule has 24 heavy (non-hydrogen) atoms. The smallest absolute Gasteiger partial charge is 0.350 e. The average Bonchev–Trinajstić information content (AvgIpc) is 2.53. The summed E-state index contributed by atoms with van der Waals surface area (Å²) in [4.78, 5) is 7.14. The van der Waals surface area contributed by atoms with Crippen LogP contribution in [-0.4, -0.2) is 25.4 Å². The normalized spacial score (nSPS) is 12.2. The summed E-state index contributed by atoms with van der Waals surface area (Å²) in [5.74, 6) is -0.278. The number of aromatic nitrogens is 2. The van der Waals surface area contributed by atoms with E-state index in [1.807, 2.05) is 0 Å². The van der Waals surface area contributed by atoms with Crippen LogP contribution in [-0.2, 0) is 28.5 Å². The maximum Gasteiger partial charge on any atom is 0.433 e. The Kier molecular flexibility index (Phi) is 5.40. The SMILES string of the molecule is CNS(=O)(=O)Cc1ccc(CNc2nccc(C(F)(F)F)n2)cc1. The third kappa shape index (κ3) is 5.17. The molecule has 0 radical (unpaired) electrons. The lowest BCUT2D eigenvalue weighted by Crippen LogP contribution is -2.20. The van der Waals surface area contributed by atoms with Gasteiger partial charge in [0.25, 0.3) is 0 Å². The molecule has 0 saturated carbocycles. The molecule has 0 aliphatic carbocycles. The van der Waals surface area contributed by atoms with Gasteiger partial charge in [0, 0.05) is 12.7 Å². The van der Waals surface area contributed by atoms with E-state index in [-0.39, 0.29) is 18.2 Å². The number of nitrogens with zero attached hydrogens (tertiary/aromatic N) is 2. The molecule has 0 atom stereocenters. The summed E-state index contributed by atoms with van der Waals surface area (Å²) in [6, 6.07) is 7.43. The highest BCUT2D eigenvalue weighted by Crippen LogP contribution is 2.27. The Morgan fingerprint density at radius 1 is 1.08 bits per heavy atom. The maximum atomic E-state index is 12.6. The van der Waals surface area contributed by atoms with Gasteiger partial charge in [-0.25, -0.2) is 23.1 Å². The molecule has 130 valence electrons. The predicted molar refractivity (Wildman–Crippen MR) is 82.5 cm³/mol. The number of hydrogen-bond donors (Lipinski definition) is 2. The van der Waals surface area contributed by atoms with Crippen LogP contribution >= 0.6 is 0 Å². The summed E-state index contributed by atoms with van der Waals surface area (Å²) in [6.45, 7) is 0.209. The zero-order valence-electron chi connectivity index (χ0n) is 12.6. The molecule has 1 aromatic heterocycles. The minimum absolute atomic E-state index is 0.133. The number of hydrogen-bond acceptors (Lipinski definition) is 5. The molecular weight excluding hydrogens is 345 g/mol. The highest BCUT2D eigenvalue weighted by atomic mass is 32.2. The van der Waals surface area contributed by atoms with Crippen LogP contribution in [0.15, 0.2) is 36.5 Å². The third-order valence-electron chi connectivity index (χ3n) is 3.09. The van der Waals surface area contributed by atoms with Gasteiger partial charge in [-0.1, -0.05) is 24.3 Å². The van der Waals surface area contributed by atoms with Gasteiger partial charge < -0.3 is 5.32 Å². The minimum Gasteiger partial charge on any atom is -0.350 e. The Bertz CT molecular complexity index is 792. The molecule has 2 N–H and O–H groups in total. The van der Waals surface area contributed by atoms with E-state index in [9.17, 15) is 21.6 Å². The van der Waals surface area contributed by atoms with Crippen LogP contribution in [0.1, 0.15) is 16.8 Å². The second-order valence-electron chi connectivity index (χ2n) is 4.90. The van der Waals surface area contributed by atoms with E-state index in [1.54, 1.807) is 24.3 Å². The highest BCUT2D eigenvalue weighted by molar-refractivity contribution is 7.88. The topological polar surface area (TPSA) is 84.0 Å². The lowest BCUT2D eigenvalue weighted by molar-refractivity contribution is -0.141. The number of rotatable bonds is 6. The van der Waals surface area contributed by atoms with Crippen molar-refractivity contribution in [2.45, 2.75) is 18.5 Å². The van der Waals surface area contributed by atoms with Gasteiger partial charge in [0.2, 0.25) is 16.0 Å². The fourth-order valence-corrected chi connectivity index (χ4v) is 2.60. The van der Waals surface area contributed by atoms with E-state index >= 15 is 0 Å². The predicted octanol–water partition coefficient (Wildman–Crippen LogP) is 2.16. The maximum absolute atomic E-state index is 12.6. The first-order valence-corrected chi connectivity index (χ1v) is 8.48. The zero-order chi connectivity index (χ0) is 17.8. The Balaban J connectivity index is 2.00. The van der Waals surface area contributed by atoms with Gasteiger partial charge in [0.1, 0.15) is 5.69 Å². The molecule has 0 spiro atoms. The fourth-order valence-electron chi connectivity index (χ4n) is 1.83. The number of benzene rings is 1. The van der Waals surface area contributed by atoms with Gasteiger partial charge in [-0.15, -0.1) is 0 Å². The molecule has 2 aromatic rings. The second kappa shape index (κ2) is 7.14. The summed E-state index contributed by atoms with van der Waals surface area (Å²) in [7, 11) is -2.02. The Labute approximate surface area is 137 Å². The van der Waals surface area contributed by atoms with Crippen molar-refractivity contribution < 1.29 is 21.6 Å². The first kappa shape index (κ1) is 18.1. The van der Waals surface area contributed by atoms with Gasteiger partial charge in [-0.3, -0.25) is 0 Å². The molecule has 10 heteroatoms. The largest absolute Gasteiger partial charge is 0.433 e. The first-order valence-electron chi connectivity index (χ1n) is 6.83. The fraction of sp³-hybridized carbons (Fsp3) is 0.286. The van der Waals surface area contributed by atoms with E-state index in [0.717, 1.165) is 17.8 Å². The first-order chi connectivity index (χ1) is 11.2. The molecule has 0 aliphatic heterocycles. The number of nitrogens with one attached hydrogen (secondary N) is 2. The Morgan fingerprint density at radius 3 is 2.29 bits per heavy atom. The van der Waals surface area contributed by atoms with E-state index in [0.29, 0.717) is 5.56 Å². The van der Waals surface area contributed by atoms with Crippen molar-refractivity contribution >= 4 is 16.0 Å². The molecule has 0 bridgehead atoms. The molecule has 6 nitrogen and oxygen atoms in total. The molecule has 0 saturated heterocycles.